The van der Waals surface area contributed by atoms with Crippen LogP contribution in [0.15, 0.2) is 12.2 Å². The number of rotatable bonds is 1. The van der Waals surface area contributed by atoms with Crippen molar-refractivity contribution < 1.29 is 5.11 Å². The van der Waals surface area contributed by atoms with Crippen molar-refractivity contribution >= 4 is 0 Å². The third-order valence-corrected chi connectivity index (χ3v) is 3.50. The Labute approximate surface area is 94.6 Å². The second-order valence-corrected chi connectivity index (χ2v) is 5.23. The zero-order valence-electron chi connectivity index (χ0n) is 10.2. The van der Waals surface area contributed by atoms with Crippen molar-refractivity contribution in [1.29, 1.82) is 0 Å². The molecule has 88 valence electrons. The minimum absolute atomic E-state index is 0.0409. The van der Waals surface area contributed by atoms with Crippen LogP contribution in [0.5, 0.6) is 0 Å². The first kappa shape index (κ1) is 12.8. The van der Waals surface area contributed by atoms with Gasteiger partial charge in [-0.05, 0) is 19.3 Å². The highest BCUT2D eigenvalue weighted by Gasteiger charge is 2.18. The molecule has 1 nitrogen and oxygen atoms in total. The van der Waals surface area contributed by atoms with Crippen molar-refractivity contribution in [3.8, 4) is 0 Å². The minimum Gasteiger partial charge on any atom is -0.395 e. The fourth-order valence-electron chi connectivity index (χ4n) is 2.26. The van der Waals surface area contributed by atoms with Crippen LogP contribution in [0.4, 0.5) is 0 Å². The molecule has 1 atom stereocenters. The van der Waals surface area contributed by atoms with E-state index < -0.39 is 0 Å². The molecule has 15 heavy (non-hydrogen) atoms. The molecule has 1 aliphatic carbocycles. The molecule has 1 aliphatic rings. The molecule has 1 rings (SSSR count). The lowest BCUT2D eigenvalue weighted by Crippen LogP contribution is -2.18. The maximum Gasteiger partial charge on any atom is 0.0519 e. The summed E-state index contributed by atoms with van der Waals surface area (Å²) >= 11 is 0. The van der Waals surface area contributed by atoms with Crippen LogP contribution in [0.1, 0.15) is 64.7 Å². The molecule has 0 aliphatic heterocycles. The van der Waals surface area contributed by atoms with Gasteiger partial charge in [0.2, 0.25) is 0 Å². The lowest BCUT2D eigenvalue weighted by molar-refractivity contribution is 0.171. The second-order valence-electron chi connectivity index (χ2n) is 5.23. The highest BCUT2D eigenvalue weighted by molar-refractivity contribution is 4.97. The van der Waals surface area contributed by atoms with E-state index in [-0.39, 0.29) is 5.41 Å². The van der Waals surface area contributed by atoms with Gasteiger partial charge < -0.3 is 5.11 Å². The molecule has 0 spiro atoms. The van der Waals surface area contributed by atoms with Crippen molar-refractivity contribution in [1.82, 2.24) is 0 Å². The Bertz CT molecular complexity index is 186. The highest BCUT2D eigenvalue weighted by atomic mass is 16.3. The first-order valence-corrected chi connectivity index (χ1v) is 6.55. The van der Waals surface area contributed by atoms with E-state index in [2.05, 4.69) is 19.1 Å². The molecule has 1 unspecified atom stereocenters. The number of aliphatic hydroxyl groups excluding tert-OH is 1. The van der Waals surface area contributed by atoms with E-state index >= 15 is 0 Å². The maximum atomic E-state index is 9.40. The van der Waals surface area contributed by atoms with Crippen molar-refractivity contribution in [2.45, 2.75) is 64.7 Å². The highest BCUT2D eigenvalue weighted by Crippen LogP contribution is 2.27. The van der Waals surface area contributed by atoms with Crippen LogP contribution in [0, 0.1) is 5.41 Å². The molecule has 0 aromatic heterocycles. The first-order chi connectivity index (χ1) is 7.27. The van der Waals surface area contributed by atoms with Gasteiger partial charge in [-0.3, -0.25) is 0 Å². The smallest absolute Gasteiger partial charge is 0.0519 e. The molecule has 1 N–H and O–H groups in total. The number of aliphatic hydroxyl groups is 1. The molecule has 0 radical (unpaired) electrons. The van der Waals surface area contributed by atoms with Gasteiger partial charge in [0.25, 0.3) is 0 Å². The SMILES string of the molecule is CC1(CO)/C=C/CCCCCCCCC1. The quantitative estimate of drug-likeness (QED) is 0.647. The van der Waals surface area contributed by atoms with E-state index in [9.17, 15) is 5.11 Å². The molecule has 0 bridgehead atoms. The normalized spacial score (nSPS) is 32.7. The van der Waals surface area contributed by atoms with E-state index in [4.69, 9.17) is 0 Å². The van der Waals surface area contributed by atoms with Gasteiger partial charge in [0.05, 0.1) is 6.61 Å². The van der Waals surface area contributed by atoms with Gasteiger partial charge in [-0.15, -0.1) is 0 Å². The number of hydrogen-bond donors (Lipinski definition) is 1. The molecule has 0 heterocycles. The largest absolute Gasteiger partial charge is 0.395 e. The molecule has 0 saturated heterocycles. The van der Waals surface area contributed by atoms with Crippen LogP contribution in [-0.4, -0.2) is 11.7 Å². The zero-order valence-corrected chi connectivity index (χ0v) is 10.2. The van der Waals surface area contributed by atoms with Gasteiger partial charge >= 0.3 is 0 Å². The van der Waals surface area contributed by atoms with E-state index in [0.717, 1.165) is 6.42 Å². The summed E-state index contributed by atoms with van der Waals surface area (Å²) in [6.45, 7) is 2.47. The second kappa shape index (κ2) is 7.05. The standard InChI is InChI=1S/C14H26O/c1-14(13-15)11-9-7-5-3-2-4-6-8-10-12-14/h9,11,15H,2-8,10,12-13H2,1H3/b11-9+. The van der Waals surface area contributed by atoms with Crippen LogP contribution in [0.3, 0.4) is 0 Å². The van der Waals surface area contributed by atoms with Gasteiger partial charge in [0.15, 0.2) is 0 Å². The number of hydrogen-bond acceptors (Lipinski definition) is 1. The summed E-state index contributed by atoms with van der Waals surface area (Å²) in [6.07, 6.45) is 16.3. The third kappa shape index (κ3) is 5.36. The van der Waals surface area contributed by atoms with Crippen molar-refractivity contribution in [3.63, 3.8) is 0 Å². The van der Waals surface area contributed by atoms with Crippen LogP contribution >= 0.6 is 0 Å². The topological polar surface area (TPSA) is 20.2 Å². The Morgan fingerprint density at radius 1 is 1.00 bits per heavy atom. The molecule has 0 amide bonds. The lowest BCUT2D eigenvalue weighted by atomic mass is 9.84. The Morgan fingerprint density at radius 3 is 2.27 bits per heavy atom. The van der Waals surface area contributed by atoms with Gasteiger partial charge in [0, 0.05) is 5.41 Å². The molecule has 1 heteroatoms. The van der Waals surface area contributed by atoms with Crippen LogP contribution in [0.25, 0.3) is 0 Å². The fraction of sp³-hybridized carbons (Fsp3) is 0.857. The van der Waals surface area contributed by atoms with Crippen molar-refractivity contribution in [2.75, 3.05) is 6.61 Å². The maximum absolute atomic E-state index is 9.40. The van der Waals surface area contributed by atoms with Crippen molar-refractivity contribution in [3.05, 3.63) is 12.2 Å². The summed E-state index contributed by atoms with van der Waals surface area (Å²) in [7, 11) is 0. The summed E-state index contributed by atoms with van der Waals surface area (Å²) in [6, 6.07) is 0. The molecule has 0 saturated carbocycles. The van der Waals surface area contributed by atoms with Gasteiger partial charge in [-0.2, -0.15) is 0 Å². The van der Waals surface area contributed by atoms with Gasteiger partial charge in [0.1, 0.15) is 0 Å². The average molecular weight is 210 g/mol. The fourth-order valence-corrected chi connectivity index (χ4v) is 2.26. The monoisotopic (exact) mass is 210 g/mol. The Kier molecular flexibility index (Phi) is 6.00. The Hall–Kier alpha value is -0.300. The zero-order chi connectivity index (χ0) is 11.0. The Balaban J connectivity index is 2.44. The first-order valence-electron chi connectivity index (χ1n) is 6.55. The van der Waals surface area contributed by atoms with Crippen LogP contribution in [-0.2, 0) is 0 Å². The third-order valence-electron chi connectivity index (χ3n) is 3.50. The molecule has 0 aromatic rings. The van der Waals surface area contributed by atoms with Gasteiger partial charge in [-0.1, -0.05) is 57.6 Å². The Morgan fingerprint density at radius 2 is 1.60 bits per heavy atom. The minimum atomic E-state index is 0.0409. The summed E-state index contributed by atoms with van der Waals surface area (Å²) in [5.74, 6) is 0. The van der Waals surface area contributed by atoms with E-state index in [1.807, 2.05) is 0 Å². The lowest BCUT2D eigenvalue weighted by Gasteiger charge is -2.23. The molecule has 0 aromatic carbocycles. The molecular weight excluding hydrogens is 184 g/mol. The molecular formula is C14H26O. The summed E-state index contributed by atoms with van der Waals surface area (Å²) < 4.78 is 0. The van der Waals surface area contributed by atoms with Crippen LogP contribution in [0.2, 0.25) is 0 Å². The van der Waals surface area contributed by atoms with Crippen LogP contribution < -0.4 is 0 Å². The number of allylic oxidation sites excluding steroid dienone is 1. The van der Waals surface area contributed by atoms with E-state index in [0.29, 0.717) is 6.61 Å². The summed E-state index contributed by atoms with van der Waals surface area (Å²) in [5, 5.41) is 9.40. The van der Waals surface area contributed by atoms with E-state index in [1.165, 1.54) is 51.4 Å². The van der Waals surface area contributed by atoms with E-state index in [1.54, 1.807) is 0 Å². The summed E-state index contributed by atoms with van der Waals surface area (Å²) in [5.41, 5.74) is 0.0409. The predicted octanol–water partition coefficient (Wildman–Crippen LogP) is 4.07. The average Bonchev–Trinajstić information content (AvgIpc) is 2.23. The molecule has 0 fully saturated rings. The predicted molar refractivity (Wildman–Crippen MR) is 65.9 cm³/mol. The van der Waals surface area contributed by atoms with Gasteiger partial charge in [-0.25, -0.2) is 0 Å². The van der Waals surface area contributed by atoms with Crippen molar-refractivity contribution in [2.24, 2.45) is 5.41 Å². The summed E-state index contributed by atoms with van der Waals surface area (Å²) in [4.78, 5) is 0.